The average molecular weight is 336 g/mol. The Morgan fingerprint density at radius 2 is 1.92 bits per heavy atom. The maximum atomic E-state index is 10.2. The van der Waals surface area contributed by atoms with Crippen molar-refractivity contribution in [2.24, 2.45) is 5.92 Å². The van der Waals surface area contributed by atoms with Gasteiger partial charge < -0.3 is 24.8 Å². The van der Waals surface area contributed by atoms with E-state index in [1.165, 1.54) is 32.1 Å². The molecule has 0 radical (unpaired) electrons. The Hall–Kier alpha value is -1.14. The smallest absolute Gasteiger partial charge is 0.119 e. The number of rotatable bonds is 5. The normalized spacial score (nSPS) is 31.8. The van der Waals surface area contributed by atoms with Crippen LogP contribution in [0.25, 0.3) is 0 Å². The minimum Gasteiger partial charge on any atom is -0.493 e. The van der Waals surface area contributed by atoms with Crippen molar-refractivity contribution in [3.63, 3.8) is 0 Å². The summed E-state index contributed by atoms with van der Waals surface area (Å²) in [5, 5.41) is 29.5. The minimum absolute atomic E-state index is 0.169. The molecule has 5 nitrogen and oxygen atoms in total. The molecule has 5 heteroatoms. The lowest BCUT2D eigenvalue weighted by Crippen LogP contribution is -2.44. The summed E-state index contributed by atoms with van der Waals surface area (Å²) >= 11 is 0. The van der Waals surface area contributed by atoms with Crippen LogP contribution in [0.3, 0.4) is 0 Å². The van der Waals surface area contributed by atoms with Crippen molar-refractivity contribution >= 4 is 0 Å². The zero-order valence-corrected chi connectivity index (χ0v) is 14.0. The molecule has 2 aliphatic rings. The molecule has 0 amide bonds. The van der Waals surface area contributed by atoms with E-state index in [-0.39, 0.29) is 13.0 Å². The third-order valence-electron chi connectivity index (χ3n) is 5.15. The fraction of sp³-hybridized carbons (Fsp3) is 0.684. The van der Waals surface area contributed by atoms with Crippen LogP contribution in [-0.4, -0.2) is 46.8 Å². The van der Waals surface area contributed by atoms with Crippen LogP contribution in [0.4, 0.5) is 0 Å². The molecule has 24 heavy (non-hydrogen) atoms. The van der Waals surface area contributed by atoms with E-state index in [9.17, 15) is 15.3 Å². The Morgan fingerprint density at radius 3 is 2.67 bits per heavy atom. The molecule has 1 saturated heterocycles. The molecule has 4 atom stereocenters. The van der Waals surface area contributed by atoms with E-state index in [0.29, 0.717) is 5.92 Å². The van der Waals surface area contributed by atoms with Crippen molar-refractivity contribution in [3.8, 4) is 5.75 Å². The van der Waals surface area contributed by atoms with Crippen LogP contribution in [0.15, 0.2) is 24.3 Å². The molecule has 1 saturated carbocycles. The molecule has 1 aliphatic heterocycles. The second kappa shape index (κ2) is 8.30. The van der Waals surface area contributed by atoms with Gasteiger partial charge in [-0.2, -0.15) is 0 Å². The van der Waals surface area contributed by atoms with Crippen LogP contribution in [0, 0.1) is 5.92 Å². The Labute approximate surface area is 143 Å². The van der Waals surface area contributed by atoms with Gasteiger partial charge in [-0.25, -0.2) is 0 Å². The van der Waals surface area contributed by atoms with Crippen molar-refractivity contribution in [1.29, 1.82) is 0 Å². The molecule has 1 aliphatic carbocycles. The number of benzene rings is 1. The monoisotopic (exact) mass is 336 g/mol. The van der Waals surface area contributed by atoms with Crippen molar-refractivity contribution < 1.29 is 24.8 Å². The zero-order chi connectivity index (χ0) is 16.9. The van der Waals surface area contributed by atoms with E-state index in [4.69, 9.17) is 9.47 Å². The summed E-state index contributed by atoms with van der Waals surface area (Å²) in [5.74, 6) is 1.38. The maximum absolute atomic E-state index is 10.2. The molecular formula is C19H28O5. The molecule has 134 valence electrons. The van der Waals surface area contributed by atoms with Gasteiger partial charge in [-0.1, -0.05) is 31.4 Å². The quantitative estimate of drug-likeness (QED) is 0.768. The van der Waals surface area contributed by atoms with Crippen LogP contribution in [-0.2, 0) is 4.74 Å². The Kier molecular flexibility index (Phi) is 6.11. The molecule has 0 spiro atoms. The number of aliphatic hydroxyl groups is 3. The van der Waals surface area contributed by atoms with Gasteiger partial charge in [0.15, 0.2) is 0 Å². The van der Waals surface area contributed by atoms with E-state index < -0.39 is 24.4 Å². The molecule has 2 fully saturated rings. The standard InChI is InChI=1S/C19H28O5/c20-11-16-10-17(21)18(22)19(24-16)14-7-4-8-15(9-14)23-12-13-5-2-1-3-6-13/h4,7-9,13,16-22H,1-3,5-6,10-12H2. The van der Waals surface area contributed by atoms with Crippen LogP contribution in [0.1, 0.15) is 50.2 Å². The molecule has 1 aromatic carbocycles. The largest absolute Gasteiger partial charge is 0.493 e. The lowest BCUT2D eigenvalue weighted by atomic mass is 9.90. The molecule has 0 bridgehead atoms. The Bertz CT molecular complexity index is 514. The third-order valence-corrected chi connectivity index (χ3v) is 5.15. The summed E-state index contributed by atoms with van der Waals surface area (Å²) in [6, 6.07) is 7.50. The van der Waals surface area contributed by atoms with Crippen LogP contribution < -0.4 is 4.74 Å². The lowest BCUT2D eigenvalue weighted by Gasteiger charge is -2.36. The lowest BCUT2D eigenvalue weighted by molar-refractivity contribution is -0.179. The Morgan fingerprint density at radius 1 is 1.12 bits per heavy atom. The van der Waals surface area contributed by atoms with Gasteiger partial charge in [0, 0.05) is 6.42 Å². The van der Waals surface area contributed by atoms with Gasteiger partial charge in [0.25, 0.3) is 0 Å². The molecule has 0 aromatic heterocycles. The highest BCUT2D eigenvalue weighted by atomic mass is 16.5. The highest BCUT2D eigenvalue weighted by molar-refractivity contribution is 5.31. The van der Waals surface area contributed by atoms with Crippen LogP contribution in [0.2, 0.25) is 0 Å². The first kappa shape index (κ1) is 17.7. The van der Waals surface area contributed by atoms with Crippen molar-refractivity contribution in [3.05, 3.63) is 29.8 Å². The topological polar surface area (TPSA) is 79.2 Å². The summed E-state index contributed by atoms with van der Waals surface area (Å²) in [5.41, 5.74) is 0.765. The van der Waals surface area contributed by atoms with Crippen LogP contribution >= 0.6 is 0 Å². The third kappa shape index (κ3) is 4.28. The molecule has 1 heterocycles. The van der Waals surface area contributed by atoms with E-state index in [1.54, 1.807) is 0 Å². The molecule has 1 aromatic rings. The number of hydrogen-bond acceptors (Lipinski definition) is 5. The van der Waals surface area contributed by atoms with Gasteiger partial charge >= 0.3 is 0 Å². The highest BCUT2D eigenvalue weighted by Gasteiger charge is 2.37. The molecule has 3 N–H and O–H groups in total. The second-order valence-corrected chi connectivity index (χ2v) is 7.04. The SMILES string of the molecule is OCC1CC(O)C(O)C(c2cccc(OCC3CCCCC3)c2)O1. The van der Waals surface area contributed by atoms with Gasteiger partial charge in [0.1, 0.15) is 18.0 Å². The van der Waals surface area contributed by atoms with E-state index in [0.717, 1.165) is 17.9 Å². The summed E-state index contributed by atoms with van der Waals surface area (Å²) in [6.45, 7) is 0.553. The van der Waals surface area contributed by atoms with Gasteiger partial charge in [-0.15, -0.1) is 0 Å². The fourth-order valence-corrected chi connectivity index (χ4v) is 3.70. The highest BCUT2D eigenvalue weighted by Crippen LogP contribution is 2.33. The first-order valence-electron chi connectivity index (χ1n) is 9.02. The summed E-state index contributed by atoms with van der Waals surface area (Å²) in [4.78, 5) is 0. The summed E-state index contributed by atoms with van der Waals surface area (Å²) in [7, 11) is 0. The Balaban J connectivity index is 1.65. The summed E-state index contributed by atoms with van der Waals surface area (Å²) in [6.07, 6.45) is 3.61. The van der Waals surface area contributed by atoms with E-state index in [1.807, 2.05) is 24.3 Å². The molecular weight excluding hydrogens is 308 g/mol. The average Bonchev–Trinajstić information content (AvgIpc) is 2.63. The predicted molar refractivity (Wildman–Crippen MR) is 89.8 cm³/mol. The zero-order valence-electron chi connectivity index (χ0n) is 14.0. The predicted octanol–water partition coefficient (Wildman–Crippen LogP) is 2.19. The second-order valence-electron chi connectivity index (χ2n) is 7.04. The number of aliphatic hydroxyl groups excluding tert-OH is 3. The maximum Gasteiger partial charge on any atom is 0.119 e. The minimum atomic E-state index is -0.999. The van der Waals surface area contributed by atoms with Gasteiger partial charge in [-0.05, 0) is 36.5 Å². The first-order valence-corrected chi connectivity index (χ1v) is 9.02. The number of ether oxygens (including phenoxy) is 2. The van der Waals surface area contributed by atoms with E-state index in [2.05, 4.69) is 0 Å². The fourth-order valence-electron chi connectivity index (χ4n) is 3.70. The van der Waals surface area contributed by atoms with Crippen molar-refractivity contribution in [2.45, 2.75) is 62.9 Å². The van der Waals surface area contributed by atoms with Crippen molar-refractivity contribution in [1.82, 2.24) is 0 Å². The molecule has 4 unspecified atom stereocenters. The van der Waals surface area contributed by atoms with Gasteiger partial charge in [-0.3, -0.25) is 0 Å². The van der Waals surface area contributed by atoms with Gasteiger partial charge in [0.2, 0.25) is 0 Å². The van der Waals surface area contributed by atoms with Crippen molar-refractivity contribution in [2.75, 3.05) is 13.2 Å². The van der Waals surface area contributed by atoms with Crippen LogP contribution in [0.5, 0.6) is 5.75 Å². The van der Waals surface area contributed by atoms with Gasteiger partial charge in [0.05, 0.1) is 25.4 Å². The first-order chi connectivity index (χ1) is 11.7. The summed E-state index contributed by atoms with van der Waals surface area (Å²) < 4.78 is 11.7. The molecule has 3 rings (SSSR count). The number of hydrogen-bond donors (Lipinski definition) is 3. The van der Waals surface area contributed by atoms with E-state index >= 15 is 0 Å².